The minimum atomic E-state index is -3.79. The molecular formula is C14H20ClNO4S. The molecule has 0 aliphatic carbocycles. The van der Waals surface area contributed by atoms with Gasteiger partial charge in [0.2, 0.25) is 10.0 Å². The molecule has 0 saturated heterocycles. The van der Waals surface area contributed by atoms with Crippen molar-refractivity contribution in [3.05, 3.63) is 28.3 Å². The van der Waals surface area contributed by atoms with Crippen LogP contribution in [0.4, 0.5) is 0 Å². The summed E-state index contributed by atoms with van der Waals surface area (Å²) in [7, 11) is -3.79. The van der Waals surface area contributed by atoms with Crippen LogP contribution < -0.4 is 0 Å². The molecule has 0 unspecified atom stereocenters. The van der Waals surface area contributed by atoms with Crippen LogP contribution >= 0.6 is 11.6 Å². The van der Waals surface area contributed by atoms with Gasteiger partial charge in [0.05, 0.1) is 10.5 Å². The van der Waals surface area contributed by atoms with Crippen molar-refractivity contribution in [1.82, 2.24) is 4.31 Å². The van der Waals surface area contributed by atoms with Crippen LogP contribution in [0.3, 0.4) is 0 Å². The number of rotatable bonds is 6. The fraction of sp³-hybridized carbons (Fsp3) is 0.500. The number of halogens is 1. The van der Waals surface area contributed by atoms with E-state index in [0.717, 1.165) is 0 Å². The molecule has 1 N–H and O–H groups in total. The molecule has 5 nitrogen and oxygen atoms in total. The highest BCUT2D eigenvalue weighted by molar-refractivity contribution is 7.89. The number of carboxylic acids is 1. The lowest BCUT2D eigenvalue weighted by Gasteiger charge is -2.26. The molecule has 118 valence electrons. The zero-order valence-electron chi connectivity index (χ0n) is 12.6. The molecule has 0 radical (unpaired) electrons. The highest BCUT2D eigenvalue weighted by Crippen LogP contribution is 2.28. The second-order valence-electron chi connectivity index (χ2n) is 5.09. The first-order valence-corrected chi connectivity index (χ1v) is 8.50. The Kier molecular flexibility index (Phi) is 5.78. The summed E-state index contributed by atoms with van der Waals surface area (Å²) < 4.78 is 26.9. The minimum absolute atomic E-state index is 0.0467. The van der Waals surface area contributed by atoms with Gasteiger partial charge in [0.1, 0.15) is 0 Å². The van der Waals surface area contributed by atoms with Crippen molar-refractivity contribution in [2.24, 2.45) is 0 Å². The number of hydrogen-bond donors (Lipinski definition) is 1. The molecule has 0 atom stereocenters. The Balaban J connectivity index is 3.54. The lowest BCUT2D eigenvalue weighted by atomic mass is 10.1. The normalized spacial score (nSPS) is 12.1. The fourth-order valence-corrected chi connectivity index (χ4v) is 4.43. The van der Waals surface area contributed by atoms with Gasteiger partial charge in [0.15, 0.2) is 0 Å². The van der Waals surface area contributed by atoms with Crippen LogP contribution in [0.1, 0.15) is 43.1 Å². The Morgan fingerprint density at radius 1 is 1.38 bits per heavy atom. The van der Waals surface area contributed by atoms with E-state index in [1.807, 2.05) is 6.92 Å². The van der Waals surface area contributed by atoms with E-state index in [9.17, 15) is 13.2 Å². The predicted octanol–water partition coefficient (Wildman–Crippen LogP) is 3.16. The van der Waals surface area contributed by atoms with Gasteiger partial charge in [-0.3, -0.25) is 0 Å². The molecule has 1 rings (SSSR count). The number of aromatic carboxylic acids is 1. The maximum atomic E-state index is 12.8. The van der Waals surface area contributed by atoms with E-state index >= 15 is 0 Å². The van der Waals surface area contributed by atoms with Gasteiger partial charge in [0.25, 0.3) is 0 Å². The number of carboxylic acid groups (broad SMARTS) is 1. The van der Waals surface area contributed by atoms with Gasteiger partial charge >= 0.3 is 5.97 Å². The highest BCUT2D eigenvalue weighted by atomic mass is 35.5. The van der Waals surface area contributed by atoms with E-state index in [4.69, 9.17) is 16.7 Å². The quantitative estimate of drug-likeness (QED) is 0.867. The van der Waals surface area contributed by atoms with Crippen molar-refractivity contribution >= 4 is 27.6 Å². The van der Waals surface area contributed by atoms with Crippen LogP contribution in [0, 0.1) is 6.92 Å². The fourth-order valence-electron chi connectivity index (χ4n) is 2.15. The summed E-state index contributed by atoms with van der Waals surface area (Å²) in [6.45, 7) is 7.31. The van der Waals surface area contributed by atoms with Crippen molar-refractivity contribution in [2.75, 3.05) is 6.54 Å². The van der Waals surface area contributed by atoms with Crippen LogP contribution in [-0.4, -0.2) is 36.4 Å². The average molecular weight is 334 g/mol. The van der Waals surface area contributed by atoms with Gasteiger partial charge in [-0.15, -0.1) is 0 Å². The summed E-state index contributed by atoms with van der Waals surface area (Å²) in [5, 5.41) is 9.26. The van der Waals surface area contributed by atoms with Crippen LogP contribution in [0.2, 0.25) is 5.02 Å². The lowest BCUT2D eigenvalue weighted by molar-refractivity contribution is 0.0696. The molecule has 21 heavy (non-hydrogen) atoms. The molecular weight excluding hydrogens is 314 g/mol. The van der Waals surface area contributed by atoms with Crippen LogP contribution in [0.25, 0.3) is 0 Å². The number of sulfonamides is 1. The number of hydrogen-bond acceptors (Lipinski definition) is 3. The first kappa shape index (κ1) is 17.9. The Morgan fingerprint density at radius 3 is 2.38 bits per heavy atom. The molecule has 0 aromatic heterocycles. The number of carbonyl (C=O) groups is 1. The van der Waals surface area contributed by atoms with E-state index < -0.39 is 16.0 Å². The van der Waals surface area contributed by atoms with E-state index in [1.54, 1.807) is 13.8 Å². The first-order chi connectivity index (χ1) is 9.62. The van der Waals surface area contributed by atoms with Crippen molar-refractivity contribution in [3.8, 4) is 0 Å². The number of nitrogens with zero attached hydrogens (tertiary/aromatic N) is 1. The van der Waals surface area contributed by atoms with Gasteiger partial charge in [-0.25, -0.2) is 13.2 Å². The Bertz CT molecular complexity index is 641. The van der Waals surface area contributed by atoms with Crippen molar-refractivity contribution in [2.45, 2.75) is 45.1 Å². The van der Waals surface area contributed by atoms with Gasteiger partial charge < -0.3 is 5.11 Å². The maximum Gasteiger partial charge on any atom is 0.336 e. The van der Waals surface area contributed by atoms with E-state index in [1.165, 1.54) is 23.4 Å². The zero-order chi connectivity index (χ0) is 16.4. The molecule has 7 heteroatoms. The van der Waals surface area contributed by atoms with E-state index in [2.05, 4.69) is 0 Å². The Hall–Kier alpha value is -1.11. The van der Waals surface area contributed by atoms with E-state index in [-0.39, 0.29) is 27.1 Å². The third-order valence-corrected chi connectivity index (χ3v) is 5.58. The van der Waals surface area contributed by atoms with Crippen molar-refractivity contribution in [1.29, 1.82) is 0 Å². The molecule has 0 amide bonds. The van der Waals surface area contributed by atoms with Crippen LogP contribution in [0.15, 0.2) is 17.0 Å². The summed E-state index contributed by atoms with van der Waals surface area (Å²) in [4.78, 5) is 11.2. The molecule has 1 aromatic rings. The monoisotopic (exact) mass is 333 g/mol. The molecule has 0 heterocycles. The summed E-state index contributed by atoms with van der Waals surface area (Å²) in [5.74, 6) is -1.20. The van der Waals surface area contributed by atoms with E-state index in [0.29, 0.717) is 13.0 Å². The third kappa shape index (κ3) is 3.75. The second kappa shape index (κ2) is 6.77. The minimum Gasteiger partial charge on any atom is -0.478 e. The molecule has 0 spiro atoms. The topological polar surface area (TPSA) is 74.7 Å². The molecule has 0 saturated carbocycles. The smallest absolute Gasteiger partial charge is 0.336 e. The molecule has 0 aliphatic heterocycles. The highest BCUT2D eigenvalue weighted by Gasteiger charge is 2.29. The summed E-state index contributed by atoms with van der Waals surface area (Å²) in [5.41, 5.74) is 0.106. The summed E-state index contributed by atoms with van der Waals surface area (Å²) in [6.07, 6.45) is 0.669. The van der Waals surface area contributed by atoms with Crippen LogP contribution in [-0.2, 0) is 10.0 Å². The molecule has 1 aromatic carbocycles. The largest absolute Gasteiger partial charge is 0.478 e. The zero-order valence-corrected chi connectivity index (χ0v) is 14.1. The molecule has 0 fully saturated rings. The van der Waals surface area contributed by atoms with Gasteiger partial charge in [-0.1, -0.05) is 18.5 Å². The van der Waals surface area contributed by atoms with Gasteiger partial charge in [0, 0.05) is 17.6 Å². The maximum absolute atomic E-state index is 12.8. The summed E-state index contributed by atoms with van der Waals surface area (Å²) in [6, 6.07) is 2.35. The van der Waals surface area contributed by atoms with Crippen molar-refractivity contribution in [3.63, 3.8) is 0 Å². The standard InChI is InChI=1S/C14H20ClNO4S/c1-5-6-16(9(2)3)21(19,20)13-8-11(15)7-12(10(13)4)14(17)18/h7-9H,5-6H2,1-4H3,(H,17,18). The van der Waals surface area contributed by atoms with Crippen molar-refractivity contribution < 1.29 is 18.3 Å². The molecule has 0 aliphatic rings. The molecule has 0 bridgehead atoms. The number of benzene rings is 1. The Labute approximate surface area is 130 Å². The second-order valence-corrected chi connectivity index (χ2v) is 7.39. The average Bonchev–Trinajstić information content (AvgIpc) is 2.37. The third-order valence-electron chi connectivity index (χ3n) is 3.16. The summed E-state index contributed by atoms with van der Waals surface area (Å²) >= 11 is 5.89. The Morgan fingerprint density at radius 2 is 1.95 bits per heavy atom. The van der Waals surface area contributed by atoms with Crippen LogP contribution in [0.5, 0.6) is 0 Å². The van der Waals surface area contributed by atoms with Gasteiger partial charge in [-0.2, -0.15) is 4.31 Å². The SMILES string of the molecule is CCCN(C(C)C)S(=O)(=O)c1cc(Cl)cc(C(=O)O)c1C. The first-order valence-electron chi connectivity index (χ1n) is 6.68. The predicted molar refractivity (Wildman–Crippen MR) is 82.5 cm³/mol. The lowest BCUT2D eigenvalue weighted by Crippen LogP contribution is -2.38. The van der Waals surface area contributed by atoms with Gasteiger partial charge in [-0.05, 0) is 44.9 Å².